The fourth-order valence-electron chi connectivity index (χ4n) is 2.72. The van der Waals surface area contributed by atoms with Crippen LogP contribution in [0.1, 0.15) is 5.59 Å². The monoisotopic (exact) mass is 229 g/mol. The van der Waals surface area contributed by atoms with Gasteiger partial charge in [0.25, 0.3) is 0 Å². The Kier molecular flexibility index (Phi) is 1.90. The summed E-state index contributed by atoms with van der Waals surface area (Å²) in [6, 6.07) is 17.6. The van der Waals surface area contributed by atoms with Crippen LogP contribution in [0.25, 0.3) is 32.3 Å². The Hall–Kier alpha value is -2.09. The Morgan fingerprint density at radius 3 is 2.22 bits per heavy atom. The van der Waals surface area contributed by atoms with E-state index in [4.69, 9.17) is 0 Å². The second-order valence-corrected chi connectivity index (χ2v) is 4.94. The second-order valence-electron chi connectivity index (χ2n) is 4.94. The fraction of sp³-hybridized carbons (Fsp3) is 0.0625. The molecular weight excluding hydrogens is 217 g/mol. The van der Waals surface area contributed by atoms with Gasteiger partial charge in [-0.2, -0.15) is 0 Å². The number of rotatable bonds is 0. The van der Waals surface area contributed by atoms with E-state index >= 15 is 0 Å². The molecule has 1 heterocycles. The zero-order valence-corrected chi connectivity index (χ0v) is 10.2. The van der Waals surface area contributed by atoms with Gasteiger partial charge in [-0.1, -0.05) is 0 Å². The molecule has 4 rings (SSSR count). The van der Waals surface area contributed by atoms with Gasteiger partial charge in [0, 0.05) is 0 Å². The van der Waals surface area contributed by atoms with Gasteiger partial charge in [-0.05, 0) is 0 Å². The van der Waals surface area contributed by atoms with Crippen molar-refractivity contribution in [2.45, 2.75) is 6.92 Å². The molecule has 0 saturated carbocycles. The Morgan fingerprint density at radius 1 is 0.833 bits per heavy atom. The van der Waals surface area contributed by atoms with Crippen LogP contribution >= 0.6 is 0 Å². The van der Waals surface area contributed by atoms with E-state index in [1.807, 2.05) is 0 Å². The molecule has 3 aromatic carbocycles. The molecule has 0 saturated heterocycles. The van der Waals surface area contributed by atoms with Crippen LogP contribution in [-0.2, 0) is 0 Å². The molecule has 0 radical (unpaired) electrons. The van der Waals surface area contributed by atoms with Crippen LogP contribution < -0.4 is 0 Å². The quantitative estimate of drug-likeness (QED) is 0.436. The van der Waals surface area contributed by atoms with Crippen LogP contribution in [0.15, 0.2) is 48.5 Å². The molecule has 18 heavy (non-hydrogen) atoms. The van der Waals surface area contributed by atoms with Gasteiger partial charge in [-0.3, -0.25) is 0 Å². The maximum absolute atomic E-state index is 3.40. The van der Waals surface area contributed by atoms with Gasteiger partial charge in [0.15, 0.2) is 0 Å². The van der Waals surface area contributed by atoms with Crippen LogP contribution in [0.2, 0.25) is 0 Å². The van der Waals surface area contributed by atoms with E-state index in [0.29, 0.717) is 0 Å². The third kappa shape index (κ3) is 1.39. The van der Waals surface area contributed by atoms with Crippen molar-refractivity contribution in [3.05, 3.63) is 54.1 Å². The van der Waals surface area contributed by atoms with E-state index in [0.717, 1.165) is 0 Å². The van der Waals surface area contributed by atoms with Gasteiger partial charge in [-0.15, -0.1) is 0 Å². The van der Waals surface area contributed by atoms with Gasteiger partial charge < -0.3 is 0 Å². The summed E-state index contributed by atoms with van der Waals surface area (Å²) in [6.07, 6.45) is 0. The second kappa shape index (κ2) is 3.45. The minimum atomic E-state index is 1.21. The van der Waals surface area contributed by atoms with E-state index in [1.165, 1.54) is 37.9 Å². The van der Waals surface area contributed by atoms with E-state index in [-0.39, 0.29) is 0 Å². The number of benzene rings is 3. The third-order valence-corrected chi connectivity index (χ3v) is 3.58. The standard InChI is InChI=1S/C16H12BN/c1-10-17-15-8-13-6-11-4-2-3-5-12(11)7-14(13)9-16(15)18-10/h2-9,18H,1H3. The zero-order chi connectivity index (χ0) is 12.1. The van der Waals surface area contributed by atoms with E-state index in [1.54, 1.807) is 0 Å². The Labute approximate surface area is 106 Å². The van der Waals surface area contributed by atoms with E-state index in [9.17, 15) is 0 Å². The molecular formula is C16H12BN. The van der Waals surface area contributed by atoms with Crippen molar-refractivity contribution >= 4 is 39.3 Å². The van der Waals surface area contributed by atoms with Crippen molar-refractivity contribution < 1.29 is 0 Å². The van der Waals surface area contributed by atoms with Crippen LogP contribution in [-0.4, -0.2) is 11.9 Å². The molecule has 0 spiro atoms. The van der Waals surface area contributed by atoms with E-state index in [2.05, 4.69) is 67.3 Å². The summed E-state index contributed by atoms with van der Waals surface area (Å²) < 4.78 is 0. The molecule has 0 aliphatic carbocycles. The molecule has 0 fully saturated rings. The van der Waals surface area contributed by atoms with Gasteiger partial charge >= 0.3 is 105 Å². The summed E-state index contributed by atoms with van der Waals surface area (Å²) in [7, 11) is 0. The summed E-state index contributed by atoms with van der Waals surface area (Å²) in [5.41, 5.74) is 2.43. The Morgan fingerprint density at radius 2 is 1.50 bits per heavy atom. The molecule has 1 N–H and O–H groups in total. The molecule has 4 aromatic rings. The predicted octanol–water partition coefficient (Wildman–Crippen LogP) is 4.12. The Bertz CT molecular complexity index is 817. The predicted molar refractivity (Wildman–Crippen MR) is 79.4 cm³/mol. The summed E-state index contributed by atoms with van der Waals surface area (Å²) >= 11 is 0. The Balaban J connectivity index is 2.19. The molecule has 84 valence electrons. The number of aromatic amines is 1. The van der Waals surface area contributed by atoms with Gasteiger partial charge in [0.2, 0.25) is 0 Å². The van der Waals surface area contributed by atoms with Crippen molar-refractivity contribution in [3.8, 4) is 0 Å². The molecule has 0 aliphatic heterocycles. The topological polar surface area (TPSA) is 15.8 Å². The van der Waals surface area contributed by atoms with Crippen molar-refractivity contribution in [3.63, 3.8) is 0 Å². The summed E-state index contributed by atoms with van der Waals surface area (Å²) in [5, 5.41) is 6.49. The average molecular weight is 229 g/mol. The van der Waals surface area contributed by atoms with E-state index < -0.39 is 0 Å². The molecule has 1 nitrogen and oxygen atoms in total. The first-order chi connectivity index (χ1) is 8.79. The molecule has 0 amide bonds. The molecule has 0 bridgehead atoms. The molecule has 1 aromatic heterocycles. The summed E-state index contributed by atoms with van der Waals surface area (Å²) in [4.78, 5) is 3.40. The number of aryl methyl sites for hydroxylation is 1. The number of nitrogens with one attached hydrogen (secondary N) is 1. The normalized spacial score (nSPS) is 11.4. The first-order valence-electron chi connectivity index (χ1n) is 6.21. The SMILES string of the molecule is Cc1bc2cc3cc4ccccc4cc3cc2[nH]1. The number of hydrogen-bond acceptors (Lipinski definition) is 0. The molecule has 0 unspecified atom stereocenters. The minimum absolute atomic E-state index is 1.21. The number of fused-ring (bicyclic) bond motifs is 3. The summed E-state index contributed by atoms with van der Waals surface area (Å²) in [5.74, 6) is 0. The number of aromatic nitrogens is 1. The first kappa shape index (κ1) is 9.90. The third-order valence-electron chi connectivity index (χ3n) is 3.58. The van der Waals surface area contributed by atoms with Crippen molar-refractivity contribution in [2.24, 2.45) is 0 Å². The summed E-state index contributed by atoms with van der Waals surface area (Å²) in [6.45, 7) is 4.30. The van der Waals surface area contributed by atoms with Crippen LogP contribution in [0.3, 0.4) is 0 Å². The van der Waals surface area contributed by atoms with Gasteiger partial charge in [-0.25, -0.2) is 0 Å². The molecule has 2 heteroatoms. The molecule has 0 atom stereocenters. The van der Waals surface area contributed by atoms with Gasteiger partial charge in [0.05, 0.1) is 0 Å². The molecule has 0 aliphatic rings. The zero-order valence-electron chi connectivity index (χ0n) is 10.2. The van der Waals surface area contributed by atoms with Crippen molar-refractivity contribution in [1.82, 2.24) is 4.98 Å². The van der Waals surface area contributed by atoms with Crippen LogP contribution in [0, 0.1) is 6.92 Å². The van der Waals surface area contributed by atoms with Gasteiger partial charge in [0.1, 0.15) is 0 Å². The average Bonchev–Trinajstić information content (AvgIpc) is 2.72. The maximum atomic E-state index is 3.40. The number of hydrogen-bond donors (Lipinski definition) is 1. The van der Waals surface area contributed by atoms with Crippen molar-refractivity contribution in [1.29, 1.82) is 0 Å². The number of H-pyrrole nitrogens is 1. The van der Waals surface area contributed by atoms with Crippen molar-refractivity contribution in [2.75, 3.05) is 0 Å². The first-order valence-corrected chi connectivity index (χ1v) is 6.21. The van der Waals surface area contributed by atoms with Crippen LogP contribution in [0.5, 0.6) is 0 Å². The van der Waals surface area contributed by atoms with Crippen LogP contribution in [0.4, 0.5) is 0 Å². The fourth-order valence-corrected chi connectivity index (χ4v) is 2.72.